The number of piperidine rings is 2. The fourth-order valence-electron chi connectivity index (χ4n) is 8.80. The Morgan fingerprint density at radius 2 is 1.49 bits per heavy atom. The second-order valence-corrected chi connectivity index (χ2v) is 15.9. The summed E-state index contributed by atoms with van der Waals surface area (Å²) in [5.41, 5.74) is 4.08. The summed E-state index contributed by atoms with van der Waals surface area (Å²) in [4.78, 5) is 52.5. The Balaban J connectivity index is 0.756. The van der Waals surface area contributed by atoms with Crippen LogP contribution in [0.2, 0.25) is 0 Å². The molecule has 4 aliphatic rings. The predicted molar refractivity (Wildman–Crippen MR) is 216 cm³/mol. The van der Waals surface area contributed by atoms with Gasteiger partial charge in [0, 0.05) is 75.4 Å². The number of imide groups is 1. The molecular formula is C44H50F2N8O3. The lowest BCUT2D eigenvalue weighted by atomic mass is 9.84. The highest BCUT2D eigenvalue weighted by Gasteiger charge is 2.33. The summed E-state index contributed by atoms with van der Waals surface area (Å²) < 4.78 is 30.2. The molecule has 13 heteroatoms. The van der Waals surface area contributed by atoms with Crippen molar-refractivity contribution in [2.24, 2.45) is 11.8 Å². The number of amides is 3. The van der Waals surface area contributed by atoms with Gasteiger partial charge < -0.3 is 20.4 Å². The number of likely N-dealkylation sites (tertiary alicyclic amines) is 1. The van der Waals surface area contributed by atoms with Crippen LogP contribution in [0.4, 0.5) is 26.1 Å². The van der Waals surface area contributed by atoms with Crippen LogP contribution in [-0.4, -0.2) is 95.4 Å². The van der Waals surface area contributed by atoms with Crippen LogP contribution in [0, 0.1) is 23.5 Å². The van der Waals surface area contributed by atoms with Crippen molar-refractivity contribution >= 4 is 35.0 Å². The molecule has 1 aromatic heterocycles. The standard InChI is InChI=1S/C44H50F2N8O3/c45-36-26-35(48-38-14-16-40(55)50-42(38)56)13-15-39(36)53-23-21-52(22-24-53)28-29-17-19-54(20-18-29)43(57)31-9-11-34(12-10-31)49-44-47-27-37(46)41(51-44)33-8-4-7-32(25-33)30-5-2-1-3-6-30/h1-8,13,15,25-27,29,31,34,38,48H,9-12,14,16-24,28H2,(H,47,49,51)(H,50,55,56)/t31-,34-,38?. The number of halogens is 2. The summed E-state index contributed by atoms with van der Waals surface area (Å²) in [5, 5.41) is 8.79. The predicted octanol–water partition coefficient (Wildman–Crippen LogP) is 6.34. The second kappa shape index (κ2) is 17.4. The molecule has 1 aliphatic carbocycles. The van der Waals surface area contributed by atoms with E-state index in [0.717, 1.165) is 95.5 Å². The summed E-state index contributed by atoms with van der Waals surface area (Å²) in [6, 6.07) is 22.3. The maximum Gasteiger partial charge on any atom is 0.249 e. The first-order valence-corrected chi connectivity index (χ1v) is 20.4. The molecule has 4 fully saturated rings. The van der Waals surface area contributed by atoms with E-state index in [4.69, 9.17) is 0 Å². The van der Waals surface area contributed by atoms with Gasteiger partial charge in [0.15, 0.2) is 5.82 Å². The highest BCUT2D eigenvalue weighted by Crippen LogP contribution is 2.32. The highest BCUT2D eigenvalue weighted by molar-refractivity contribution is 6.01. The number of carbonyl (C=O) groups is 3. The van der Waals surface area contributed by atoms with Gasteiger partial charge in [0.2, 0.25) is 23.7 Å². The molecule has 0 spiro atoms. The molecule has 3 saturated heterocycles. The number of carbonyl (C=O) groups excluding carboxylic acids is 3. The van der Waals surface area contributed by atoms with Crippen molar-refractivity contribution in [3.63, 3.8) is 0 Å². The van der Waals surface area contributed by atoms with Gasteiger partial charge in [-0.3, -0.25) is 24.6 Å². The lowest BCUT2D eigenvalue weighted by molar-refractivity contribution is -0.138. The quantitative estimate of drug-likeness (QED) is 0.159. The van der Waals surface area contributed by atoms with Crippen LogP contribution < -0.4 is 20.9 Å². The van der Waals surface area contributed by atoms with Crippen molar-refractivity contribution in [3.05, 3.63) is 90.6 Å². The van der Waals surface area contributed by atoms with Crippen LogP contribution in [0.15, 0.2) is 79.0 Å². The monoisotopic (exact) mass is 776 g/mol. The first kappa shape index (κ1) is 38.4. The zero-order valence-corrected chi connectivity index (χ0v) is 32.1. The second-order valence-electron chi connectivity index (χ2n) is 15.9. The van der Waals surface area contributed by atoms with Crippen molar-refractivity contribution in [2.75, 3.05) is 61.3 Å². The van der Waals surface area contributed by atoms with Gasteiger partial charge in [0.25, 0.3) is 0 Å². The lowest BCUT2D eigenvalue weighted by Crippen LogP contribution is -2.50. The fourth-order valence-corrected chi connectivity index (χ4v) is 8.80. The van der Waals surface area contributed by atoms with Crippen LogP contribution in [0.5, 0.6) is 0 Å². The highest BCUT2D eigenvalue weighted by atomic mass is 19.1. The number of hydrogen-bond acceptors (Lipinski definition) is 9. The van der Waals surface area contributed by atoms with Gasteiger partial charge in [-0.15, -0.1) is 0 Å². The van der Waals surface area contributed by atoms with E-state index in [1.165, 1.54) is 12.3 Å². The number of anilines is 3. The Labute approximate surface area is 332 Å². The minimum Gasteiger partial charge on any atom is -0.374 e. The number of nitrogens with one attached hydrogen (secondary N) is 3. The van der Waals surface area contributed by atoms with Crippen molar-refractivity contribution in [1.29, 1.82) is 0 Å². The van der Waals surface area contributed by atoms with E-state index in [-0.39, 0.29) is 47.6 Å². The van der Waals surface area contributed by atoms with Crippen LogP contribution in [0.1, 0.15) is 51.4 Å². The van der Waals surface area contributed by atoms with Gasteiger partial charge in [-0.1, -0.05) is 48.5 Å². The van der Waals surface area contributed by atoms with Gasteiger partial charge in [-0.05, 0) is 86.3 Å². The first-order valence-electron chi connectivity index (χ1n) is 20.4. The van der Waals surface area contributed by atoms with Gasteiger partial charge in [0.1, 0.15) is 17.6 Å². The molecular weight excluding hydrogens is 727 g/mol. The number of piperazine rings is 1. The minimum absolute atomic E-state index is 0.0146. The van der Waals surface area contributed by atoms with E-state index < -0.39 is 11.9 Å². The first-order chi connectivity index (χ1) is 27.8. The molecule has 1 atom stereocenters. The fraction of sp³-hybridized carbons (Fsp3) is 0.432. The third kappa shape index (κ3) is 9.25. The summed E-state index contributed by atoms with van der Waals surface area (Å²) in [5.74, 6) is -0.261. The lowest BCUT2D eigenvalue weighted by Gasteiger charge is -2.40. The van der Waals surface area contributed by atoms with E-state index in [1.807, 2.05) is 54.6 Å². The topological polar surface area (TPSA) is 123 Å². The third-order valence-electron chi connectivity index (χ3n) is 12.1. The SMILES string of the molecule is O=C1CCC(Nc2ccc(N3CCN(CC4CCN(C(=O)[C@H]5CC[C@H](Nc6ncc(F)c(-c7cccc(-c8ccccc8)c7)n6)CC5)CC4)CC3)c(F)c2)C(=O)N1. The Morgan fingerprint density at radius 3 is 2.23 bits per heavy atom. The van der Waals surface area contributed by atoms with Crippen molar-refractivity contribution in [1.82, 2.24) is 25.1 Å². The Hall–Kier alpha value is -5.43. The normalized spacial score (nSPS) is 22.2. The molecule has 298 valence electrons. The molecule has 3 aromatic carbocycles. The molecule has 8 rings (SSSR count). The number of hydrogen-bond donors (Lipinski definition) is 3. The Bertz CT molecular complexity index is 2060. The van der Waals surface area contributed by atoms with Crippen molar-refractivity contribution in [2.45, 2.75) is 63.5 Å². The maximum atomic E-state index is 15.2. The Kier molecular flexibility index (Phi) is 11.7. The van der Waals surface area contributed by atoms with E-state index in [2.05, 4.69) is 40.6 Å². The van der Waals surface area contributed by atoms with Crippen LogP contribution in [-0.2, 0) is 14.4 Å². The molecule has 1 saturated carbocycles. The van der Waals surface area contributed by atoms with E-state index in [9.17, 15) is 18.8 Å². The molecule has 0 radical (unpaired) electrons. The van der Waals surface area contributed by atoms with Crippen LogP contribution in [0.25, 0.3) is 22.4 Å². The largest absolute Gasteiger partial charge is 0.374 e. The zero-order chi connectivity index (χ0) is 39.3. The maximum absolute atomic E-state index is 15.2. The van der Waals surface area contributed by atoms with E-state index in [1.54, 1.807) is 12.1 Å². The average molecular weight is 777 g/mol. The summed E-state index contributed by atoms with van der Waals surface area (Å²) in [6.45, 7) is 5.68. The third-order valence-corrected chi connectivity index (χ3v) is 12.1. The molecule has 0 bridgehead atoms. The number of nitrogens with zero attached hydrogens (tertiary/aromatic N) is 5. The number of benzene rings is 3. The van der Waals surface area contributed by atoms with Gasteiger partial charge in [-0.25, -0.2) is 18.7 Å². The van der Waals surface area contributed by atoms with Crippen LogP contribution in [0.3, 0.4) is 0 Å². The van der Waals surface area contributed by atoms with Crippen molar-refractivity contribution < 1.29 is 23.2 Å². The molecule has 1 unspecified atom stereocenters. The minimum atomic E-state index is -0.555. The molecule has 11 nitrogen and oxygen atoms in total. The molecule has 4 aromatic rings. The molecule has 3 amide bonds. The van der Waals surface area contributed by atoms with Gasteiger partial charge in [0.05, 0.1) is 11.9 Å². The smallest absolute Gasteiger partial charge is 0.249 e. The molecule has 3 N–H and O–H groups in total. The Morgan fingerprint density at radius 1 is 0.754 bits per heavy atom. The average Bonchev–Trinajstić information content (AvgIpc) is 3.24. The number of rotatable bonds is 10. The molecule has 3 aliphatic heterocycles. The molecule has 4 heterocycles. The van der Waals surface area contributed by atoms with Gasteiger partial charge in [-0.2, -0.15) is 0 Å². The van der Waals surface area contributed by atoms with Gasteiger partial charge >= 0.3 is 0 Å². The summed E-state index contributed by atoms with van der Waals surface area (Å²) in [7, 11) is 0. The summed E-state index contributed by atoms with van der Waals surface area (Å²) in [6.07, 6.45) is 7.09. The van der Waals surface area contributed by atoms with Crippen LogP contribution >= 0.6 is 0 Å². The van der Waals surface area contributed by atoms with E-state index >= 15 is 4.39 Å². The molecule has 57 heavy (non-hydrogen) atoms. The summed E-state index contributed by atoms with van der Waals surface area (Å²) >= 11 is 0. The zero-order valence-electron chi connectivity index (χ0n) is 32.1. The number of aromatic nitrogens is 2. The van der Waals surface area contributed by atoms with E-state index in [0.29, 0.717) is 35.2 Å². The van der Waals surface area contributed by atoms with Crippen molar-refractivity contribution in [3.8, 4) is 22.4 Å².